The van der Waals surface area contributed by atoms with Gasteiger partial charge in [0.25, 0.3) is 5.91 Å². The highest BCUT2D eigenvalue weighted by Crippen LogP contribution is 2.42. The molecule has 0 aromatic heterocycles. The molecule has 116 valence electrons. The van der Waals surface area contributed by atoms with Crippen molar-refractivity contribution in [2.75, 3.05) is 0 Å². The van der Waals surface area contributed by atoms with Gasteiger partial charge in [-0.05, 0) is 77.2 Å². The molecule has 1 N–H and O–H groups in total. The van der Waals surface area contributed by atoms with Crippen LogP contribution in [-0.4, -0.2) is 5.91 Å². The smallest absolute Gasteiger partial charge is 0.251 e. The number of carbonyl (C=O) groups is 1. The second-order valence-corrected chi connectivity index (χ2v) is 6.56. The number of hydrogen-bond acceptors (Lipinski definition) is 2. The Hall–Kier alpha value is -2.19. The lowest BCUT2D eigenvalue weighted by molar-refractivity contribution is 0.0822. The highest BCUT2D eigenvalue weighted by Gasteiger charge is 2.40. The molecule has 0 atom stereocenters. The van der Waals surface area contributed by atoms with Crippen LogP contribution in [0.4, 0.5) is 4.39 Å². The first-order chi connectivity index (χ1) is 11.0. The maximum Gasteiger partial charge on any atom is 0.251 e. The summed E-state index contributed by atoms with van der Waals surface area (Å²) in [6, 6.07) is 13.5. The van der Waals surface area contributed by atoms with Crippen LogP contribution in [0, 0.1) is 17.1 Å². The average Bonchev–Trinajstić information content (AvgIpc) is 2.53. The predicted octanol–water partition coefficient (Wildman–Crippen LogP) is 4.27. The van der Waals surface area contributed by atoms with Gasteiger partial charge in [-0.25, -0.2) is 4.39 Å². The lowest BCUT2D eigenvalue weighted by Gasteiger charge is -2.43. The van der Waals surface area contributed by atoms with Gasteiger partial charge < -0.3 is 5.32 Å². The first kappa shape index (κ1) is 15.7. The van der Waals surface area contributed by atoms with Crippen LogP contribution < -0.4 is 5.32 Å². The third-order valence-corrected chi connectivity index (χ3v) is 4.95. The fourth-order valence-corrected chi connectivity index (χ4v) is 3.04. The molecule has 3 nitrogen and oxygen atoms in total. The molecule has 0 spiro atoms. The number of hydrogen-bond donors (Lipinski definition) is 1. The van der Waals surface area contributed by atoms with Crippen molar-refractivity contribution in [1.29, 1.82) is 5.26 Å². The van der Waals surface area contributed by atoms with Crippen molar-refractivity contribution in [3.8, 4) is 6.07 Å². The van der Waals surface area contributed by atoms with Crippen molar-refractivity contribution in [1.82, 2.24) is 5.32 Å². The lowest BCUT2D eigenvalue weighted by Crippen LogP contribution is -2.50. The van der Waals surface area contributed by atoms with Gasteiger partial charge >= 0.3 is 0 Å². The Morgan fingerprint density at radius 2 is 1.91 bits per heavy atom. The van der Waals surface area contributed by atoms with Gasteiger partial charge in [0.05, 0.1) is 21.6 Å². The van der Waals surface area contributed by atoms with Gasteiger partial charge in [-0.3, -0.25) is 4.79 Å². The molecular weight excluding hydrogens is 359 g/mol. The van der Waals surface area contributed by atoms with Gasteiger partial charge in [-0.15, -0.1) is 0 Å². The number of rotatable bonds is 3. The summed E-state index contributed by atoms with van der Waals surface area (Å²) >= 11 is 3.15. The Labute approximate surface area is 142 Å². The quantitative estimate of drug-likeness (QED) is 0.874. The van der Waals surface area contributed by atoms with Crippen LogP contribution in [0.5, 0.6) is 0 Å². The number of nitriles is 1. The van der Waals surface area contributed by atoms with Crippen molar-refractivity contribution in [2.24, 2.45) is 0 Å². The summed E-state index contributed by atoms with van der Waals surface area (Å²) < 4.78 is 14.2. The van der Waals surface area contributed by atoms with Crippen LogP contribution in [0.15, 0.2) is 46.9 Å². The zero-order valence-corrected chi connectivity index (χ0v) is 13.9. The summed E-state index contributed by atoms with van der Waals surface area (Å²) in [6.07, 6.45) is 2.57. The molecule has 23 heavy (non-hydrogen) atoms. The number of nitrogens with one attached hydrogen (secondary N) is 1. The first-order valence-electron chi connectivity index (χ1n) is 7.32. The van der Waals surface area contributed by atoms with Crippen LogP contribution in [-0.2, 0) is 5.54 Å². The molecule has 2 aromatic carbocycles. The second kappa shape index (κ2) is 6.13. The minimum absolute atomic E-state index is 0.211. The highest BCUT2D eigenvalue weighted by atomic mass is 79.9. The molecule has 0 unspecified atom stereocenters. The fraction of sp³-hybridized carbons (Fsp3) is 0.222. The maximum absolute atomic E-state index is 13.8. The van der Waals surface area contributed by atoms with Gasteiger partial charge in [0.15, 0.2) is 0 Å². The lowest BCUT2D eigenvalue weighted by atomic mass is 9.71. The summed E-state index contributed by atoms with van der Waals surface area (Å²) in [5, 5.41) is 11.9. The van der Waals surface area contributed by atoms with E-state index in [1.165, 1.54) is 6.07 Å². The van der Waals surface area contributed by atoms with E-state index in [0.717, 1.165) is 24.8 Å². The Morgan fingerprint density at radius 1 is 1.22 bits per heavy atom. The summed E-state index contributed by atoms with van der Waals surface area (Å²) in [4.78, 5) is 12.5. The minimum atomic E-state index is -0.507. The molecule has 0 bridgehead atoms. The van der Waals surface area contributed by atoms with Gasteiger partial charge in [-0.1, -0.05) is 6.07 Å². The third kappa shape index (κ3) is 2.99. The molecule has 1 aliphatic rings. The first-order valence-corrected chi connectivity index (χ1v) is 8.12. The molecule has 1 fully saturated rings. The fourth-order valence-electron chi connectivity index (χ4n) is 2.80. The van der Waals surface area contributed by atoms with Crippen LogP contribution in [0.25, 0.3) is 0 Å². The largest absolute Gasteiger partial charge is 0.343 e. The SMILES string of the molecule is N#Cc1ccc(C(=O)NC2(c3ccc(Br)c(F)c3)CCC2)cc1. The van der Waals surface area contributed by atoms with Gasteiger partial charge in [-0.2, -0.15) is 5.26 Å². The molecule has 1 amide bonds. The zero-order chi connectivity index (χ0) is 16.4. The maximum atomic E-state index is 13.8. The summed E-state index contributed by atoms with van der Waals surface area (Å²) in [7, 11) is 0. The molecule has 1 saturated carbocycles. The van der Waals surface area contributed by atoms with E-state index in [4.69, 9.17) is 5.26 Å². The zero-order valence-electron chi connectivity index (χ0n) is 12.3. The molecular formula is C18H14BrFN2O. The number of carbonyl (C=O) groups excluding carboxylic acids is 1. The average molecular weight is 373 g/mol. The van der Waals surface area contributed by atoms with Crippen LogP contribution in [0.2, 0.25) is 0 Å². The molecule has 0 saturated heterocycles. The topological polar surface area (TPSA) is 52.9 Å². The van der Waals surface area contributed by atoms with Gasteiger partial charge in [0.2, 0.25) is 0 Å². The number of nitrogens with zero attached hydrogens (tertiary/aromatic N) is 1. The van der Waals surface area contributed by atoms with Gasteiger partial charge in [0, 0.05) is 5.56 Å². The van der Waals surface area contributed by atoms with Gasteiger partial charge in [0.1, 0.15) is 5.82 Å². The van der Waals surface area contributed by atoms with E-state index in [1.807, 2.05) is 12.1 Å². The van der Waals surface area contributed by atoms with Crippen LogP contribution in [0.3, 0.4) is 0 Å². The number of halogens is 2. The highest BCUT2D eigenvalue weighted by molar-refractivity contribution is 9.10. The molecule has 0 radical (unpaired) electrons. The van der Waals surface area contributed by atoms with E-state index < -0.39 is 5.54 Å². The second-order valence-electron chi connectivity index (χ2n) is 5.71. The van der Waals surface area contributed by atoms with Crippen molar-refractivity contribution >= 4 is 21.8 Å². The molecule has 3 rings (SSSR count). The van der Waals surface area contributed by atoms with E-state index in [1.54, 1.807) is 30.3 Å². The summed E-state index contributed by atoms with van der Waals surface area (Å²) in [5.74, 6) is -0.543. The summed E-state index contributed by atoms with van der Waals surface area (Å²) in [5.41, 5.74) is 1.28. The minimum Gasteiger partial charge on any atom is -0.343 e. The van der Waals surface area contributed by atoms with Crippen LogP contribution >= 0.6 is 15.9 Å². The number of amides is 1. The Bertz CT molecular complexity index is 792. The molecule has 2 aromatic rings. The monoisotopic (exact) mass is 372 g/mol. The van der Waals surface area contributed by atoms with Crippen LogP contribution in [0.1, 0.15) is 40.7 Å². The Morgan fingerprint density at radius 3 is 2.43 bits per heavy atom. The van der Waals surface area contributed by atoms with E-state index in [0.29, 0.717) is 15.6 Å². The Kier molecular flexibility index (Phi) is 4.18. The van der Waals surface area contributed by atoms with E-state index in [-0.39, 0.29) is 11.7 Å². The van der Waals surface area contributed by atoms with Crippen molar-refractivity contribution in [3.05, 3.63) is 69.4 Å². The molecule has 1 aliphatic carbocycles. The normalized spacial score (nSPS) is 15.3. The molecule has 0 aliphatic heterocycles. The van der Waals surface area contributed by atoms with Crippen molar-refractivity contribution < 1.29 is 9.18 Å². The summed E-state index contributed by atoms with van der Waals surface area (Å²) in [6.45, 7) is 0. The molecule has 5 heteroatoms. The standard InChI is InChI=1S/C18H14BrFN2O/c19-15-7-6-14(10-16(15)20)18(8-1-9-18)22-17(23)13-4-2-12(11-21)3-5-13/h2-7,10H,1,8-9H2,(H,22,23). The van der Waals surface area contributed by atoms with E-state index in [9.17, 15) is 9.18 Å². The predicted molar refractivity (Wildman–Crippen MR) is 88.3 cm³/mol. The van der Waals surface area contributed by atoms with E-state index in [2.05, 4.69) is 21.2 Å². The van der Waals surface area contributed by atoms with Crippen molar-refractivity contribution in [3.63, 3.8) is 0 Å². The number of benzene rings is 2. The Balaban J connectivity index is 1.84. The third-order valence-electron chi connectivity index (χ3n) is 4.31. The molecule has 0 heterocycles. The van der Waals surface area contributed by atoms with E-state index >= 15 is 0 Å². The van der Waals surface area contributed by atoms with Crippen molar-refractivity contribution in [2.45, 2.75) is 24.8 Å².